The molecule has 8 heteroatoms. The van der Waals surface area contributed by atoms with Crippen LogP contribution in [0.3, 0.4) is 0 Å². The number of rotatable bonds is 4. The van der Waals surface area contributed by atoms with Crippen LogP contribution in [0.5, 0.6) is 0 Å². The molecule has 2 amide bonds. The van der Waals surface area contributed by atoms with Crippen LogP contribution < -0.4 is 5.32 Å². The van der Waals surface area contributed by atoms with Crippen molar-refractivity contribution in [2.45, 2.75) is 32.1 Å². The van der Waals surface area contributed by atoms with E-state index >= 15 is 0 Å². The number of carbonyl (C=O) groups is 2. The molecule has 3 rings (SSSR count). The average molecular weight is 410 g/mol. The van der Waals surface area contributed by atoms with E-state index < -0.39 is 30.7 Å². The van der Waals surface area contributed by atoms with Gasteiger partial charge in [-0.25, -0.2) is 0 Å². The molecule has 0 radical (unpaired) electrons. The number of hydrogen-bond acceptors (Lipinski definition) is 3. The zero-order valence-corrected chi connectivity index (χ0v) is 16.4. The minimum absolute atomic E-state index is 0.245. The van der Waals surface area contributed by atoms with E-state index in [9.17, 15) is 18.4 Å². The molecule has 5 nitrogen and oxygen atoms in total. The summed E-state index contributed by atoms with van der Waals surface area (Å²) in [6, 6.07) is 7.23. The standard InChI is InChI=1S/C19H19F2N3O2.V/c1-12(2)13-4-3-5-14-15(6-8-22-17(13)14)18(26)23-10-16(25)24-9-7-19(20,21)11-24;/h3-6,8,12H,7,10-11H2,1-2H3,(H,23,26);. The third-order valence-corrected chi connectivity index (χ3v) is 5.11. The Morgan fingerprint density at radius 2 is 2.07 bits per heavy atom. The molecule has 2 heterocycles. The van der Waals surface area contributed by atoms with E-state index in [2.05, 4.69) is 10.3 Å². The van der Waals surface area contributed by atoms with Crippen molar-refractivity contribution in [2.24, 2.45) is 0 Å². The first kappa shape index (κ1) is 19.6. The van der Waals surface area contributed by atoms with Crippen molar-refractivity contribution in [2.75, 3.05) is 13.1 Å². The first-order chi connectivity index (χ1) is 12.7. The molecule has 0 aliphatic carbocycles. The number of likely N-dealkylation sites (tertiary alicyclic amines) is 1. The van der Waals surface area contributed by atoms with Crippen LogP contribution >= 0.6 is 0 Å². The van der Waals surface area contributed by atoms with E-state index in [1.165, 1.54) is 0 Å². The summed E-state index contributed by atoms with van der Waals surface area (Å²) in [5.41, 5.74) is 2.17. The fourth-order valence-electron chi connectivity index (χ4n) is 3.15. The van der Waals surface area contributed by atoms with Crippen LogP contribution in [-0.2, 0) is 21.8 Å². The summed E-state index contributed by atoms with van der Waals surface area (Å²) in [6.45, 7) is 3.10. The summed E-state index contributed by atoms with van der Waals surface area (Å²) in [7, 11) is 0. The second-order valence-corrected chi connectivity index (χ2v) is 7.67. The number of aromatic nitrogens is 1. The van der Waals surface area contributed by atoms with E-state index in [-0.39, 0.29) is 16.8 Å². The second kappa shape index (κ2) is 7.48. The Labute approximate surface area is 164 Å². The Balaban J connectivity index is 1.76. The molecule has 1 aliphatic rings. The Bertz CT molecular complexity index is 930. The maximum absolute atomic E-state index is 13.4. The fourth-order valence-corrected chi connectivity index (χ4v) is 3.79. The molecule has 1 aliphatic heterocycles. The van der Waals surface area contributed by atoms with Crippen molar-refractivity contribution in [1.82, 2.24) is 15.2 Å². The summed E-state index contributed by atoms with van der Waals surface area (Å²) in [5, 5.41) is 3.24. The van der Waals surface area contributed by atoms with Crippen LogP contribution in [0.15, 0.2) is 30.5 Å². The average Bonchev–Trinajstić information content (AvgIpc) is 2.90. The molecular formula is C19H19F2N3O2V. The van der Waals surface area contributed by atoms with Crippen LogP contribution in [-0.4, -0.2) is 45.1 Å². The summed E-state index contributed by atoms with van der Waals surface area (Å²) in [4.78, 5) is 30.2. The molecule has 0 atom stereocenters. The Morgan fingerprint density at radius 1 is 1.33 bits per heavy atom. The van der Waals surface area contributed by atoms with E-state index in [1.54, 1.807) is 18.3 Å². The number of alkyl halides is 2. The summed E-state index contributed by atoms with van der Waals surface area (Å²) >= 11 is 2.01. The van der Waals surface area contributed by atoms with Crippen molar-refractivity contribution >= 4 is 27.1 Å². The van der Waals surface area contributed by atoms with Crippen molar-refractivity contribution in [1.29, 1.82) is 0 Å². The van der Waals surface area contributed by atoms with Gasteiger partial charge in [-0.2, -0.15) is 0 Å². The number of hydrogen-bond donors (Lipinski definition) is 1. The third-order valence-electron chi connectivity index (χ3n) is 4.49. The fraction of sp³-hybridized carbons (Fsp3) is 0.368. The van der Waals surface area contributed by atoms with Gasteiger partial charge in [0.25, 0.3) is 0 Å². The van der Waals surface area contributed by atoms with E-state index in [4.69, 9.17) is 0 Å². The van der Waals surface area contributed by atoms with Crippen LogP contribution in [0.2, 0.25) is 0 Å². The molecule has 1 aromatic carbocycles. The Morgan fingerprint density at radius 3 is 2.70 bits per heavy atom. The molecule has 1 saturated heterocycles. The predicted octanol–water partition coefficient (Wildman–Crippen LogP) is 2.63. The minimum atomic E-state index is -2.92. The molecule has 1 aromatic heterocycles. The number of para-hydroxylation sites is 1. The summed E-state index contributed by atoms with van der Waals surface area (Å²) < 4.78 is 27.1. The monoisotopic (exact) mass is 410 g/mol. The number of fused-ring (bicyclic) bond motifs is 1. The van der Waals surface area contributed by atoms with Gasteiger partial charge in [0.05, 0.1) is 0 Å². The Hall–Kier alpha value is -2.12. The van der Waals surface area contributed by atoms with Crippen molar-refractivity contribution in [3.8, 4) is 0 Å². The number of carbonyl (C=O) groups excluding carboxylic acids is 2. The quantitative estimate of drug-likeness (QED) is 0.843. The van der Waals surface area contributed by atoms with E-state index in [0.29, 0.717) is 10.9 Å². The van der Waals surface area contributed by atoms with Gasteiger partial charge in [0.1, 0.15) is 0 Å². The number of pyridine rings is 1. The molecular weight excluding hydrogens is 391 g/mol. The molecule has 0 saturated carbocycles. The van der Waals surface area contributed by atoms with Gasteiger partial charge >= 0.3 is 164 Å². The molecule has 1 fully saturated rings. The van der Waals surface area contributed by atoms with Crippen LogP contribution in [0.25, 0.3) is 10.9 Å². The van der Waals surface area contributed by atoms with Gasteiger partial charge in [-0.3, -0.25) is 0 Å². The van der Waals surface area contributed by atoms with Crippen molar-refractivity contribution in [3.05, 3.63) is 41.6 Å². The first-order valence-electron chi connectivity index (χ1n) is 8.58. The molecule has 1 N–H and O–H groups in total. The molecule has 141 valence electrons. The van der Waals surface area contributed by atoms with Gasteiger partial charge in [0, 0.05) is 0 Å². The third kappa shape index (κ3) is 4.09. The van der Waals surface area contributed by atoms with Gasteiger partial charge in [0.15, 0.2) is 0 Å². The molecule has 0 bridgehead atoms. The van der Waals surface area contributed by atoms with Crippen LogP contribution in [0, 0.1) is 0 Å². The van der Waals surface area contributed by atoms with Crippen molar-refractivity contribution < 1.29 is 35.3 Å². The number of benzene rings is 1. The molecule has 0 spiro atoms. The number of nitrogens with zero attached hydrogens (tertiary/aromatic N) is 2. The number of nitrogens with one attached hydrogen (secondary N) is 1. The van der Waals surface area contributed by atoms with Gasteiger partial charge in [-0.15, -0.1) is 0 Å². The maximum atomic E-state index is 13.4. The molecule has 27 heavy (non-hydrogen) atoms. The van der Waals surface area contributed by atoms with Gasteiger partial charge in [-0.1, -0.05) is 0 Å². The van der Waals surface area contributed by atoms with Crippen LogP contribution in [0.4, 0.5) is 8.78 Å². The van der Waals surface area contributed by atoms with Crippen molar-refractivity contribution in [3.63, 3.8) is 0 Å². The van der Waals surface area contributed by atoms with Crippen LogP contribution in [0.1, 0.15) is 42.1 Å². The van der Waals surface area contributed by atoms with E-state index in [0.717, 1.165) is 16.0 Å². The summed E-state index contributed by atoms with van der Waals surface area (Å²) in [5.74, 6) is -3.67. The summed E-state index contributed by atoms with van der Waals surface area (Å²) in [6.07, 6.45) is 1.10. The second-order valence-electron chi connectivity index (χ2n) is 6.87. The first-order valence-corrected chi connectivity index (χ1v) is 9.28. The number of amides is 2. The zero-order chi connectivity index (χ0) is 19.8. The SMILES string of the molecule is CC(C)c1cccc2c(C(=O)NCC(=O)N3CC(F)(F)C[C]3=[V])ccnc12. The molecule has 0 unspecified atom stereocenters. The van der Waals surface area contributed by atoms with Gasteiger partial charge < -0.3 is 0 Å². The molecule has 2 aromatic rings. The Kier molecular flexibility index (Phi) is 5.44. The topological polar surface area (TPSA) is 62.3 Å². The van der Waals surface area contributed by atoms with Gasteiger partial charge in [-0.05, 0) is 0 Å². The van der Waals surface area contributed by atoms with E-state index in [1.807, 2.05) is 43.0 Å². The zero-order valence-electron chi connectivity index (χ0n) is 15.0. The van der Waals surface area contributed by atoms with Gasteiger partial charge in [0.2, 0.25) is 0 Å². The normalized spacial score (nSPS) is 16.1. The number of halogens is 2. The predicted molar refractivity (Wildman–Crippen MR) is 94.4 cm³/mol.